The van der Waals surface area contributed by atoms with Crippen molar-refractivity contribution >= 4 is 11.7 Å². The van der Waals surface area contributed by atoms with E-state index in [1.165, 1.54) is 23.0 Å². The molecule has 2 saturated heterocycles. The molecule has 3 atom stereocenters. The number of benzene rings is 1. The Kier molecular flexibility index (Phi) is 5.53. The highest BCUT2D eigenvalue weighted by atomic mass is 19.4. The van der Waals surface area contributed by atoms with Gasteiger partial charge in [-0.3, -0.25) is 4.68 Å². The van der Waals surface area contributed by atoms with E-state index in [2.05, 4.69) is 25.6 Å². The molecule has 2 amide bonds. The molecular weight excluding hydrogens is 508 g/mol. The second-order valence-corrected chi connectivity index (χ2v) is 9.65. The number of hydrogen-bond acceptors (Lipinski definition) is 6. The number of aromatic nitrogens is 5. The average Bonchev–Trinajstić information content (AvgIpc) is 3.43. The summed E-state index contributed by atoms with van der Waals surface area (Å²) in [6.45, 7) is 2.52. The van der Waals surface area contributed by atoms with Crippen LogP contribution < -0.4 is 5.32 Å². The van der Waals surface area contributed by atoms with Crippen LogP contribution in [-0.2, 0) is 24.7 Å². The highest BCUT2D eigenvalue weighted by molar-refractivity contribution is 5.92. The Morgan fingerprint density at radius 3 is 2.51 bits per heavy atom. The molecule has 2 aromatic heterocycles. The van der Waals surface area contributed by atoms with Crippen LogP contribution in [0.5, 0.6) is 0 Å². The number of nitrogens with one attached hydrogen (secondary N) is 1. The van der Waals surface area contributed by atoms with Gasteiger partial charge in [-0.1, -0.05) is 6.92 Å². The number of carbonyl (C=O) groups excluding carboxylic acids is 1. The van der Waals surface area contributed by atoms with Crippen LogP contribution in [0.3, 0.4) is 0 Å². The highest BCUT2D eigenvalue weighted by Gasteiger charge is 2.62. The standard InChI is InChI=1S/C22H21F6N7O2/c1-10-4-11-8-21(7-10,18-32-31-17(37-18)20(2,24)25)35(11)19(36)30-15-5-12(16-29-9-34(3)33-16)13(6-14(15)23)22(26,27)28/h5-6,9-11H,4,7-8H2,1-3H3,(H,30,36)/t10-,11+,21-/m1/s1. The summed E-state index contributed by atoms with van der Waals surface area (Å²) in [5.41, 5.74) is -3.56. The van der Waals surface area contributed by atoms with E-state index in [0.717, 1.165) is 6.07 Å². The van der Waals surface area contributed by atoms with Crippen molar-refractivity contribution in [1.82, 2.24) is 29.9 Å². The van der Waals surface area contributed by atoms with Gasteiger partial charge in [0.15, 0.2) is 5.82 Å². The molecular formula is C22H21F6N7O2. The van der Waals surface area contributed by atoms with Gasteiger partial charge in [0, 0.05) is 32.0 Å². The molecule has 9 nitrogen and oxygen atoms in total. The smallest absolute Gasteiger partial charge is 0.417 e. The molecule has 1 aliphatic carbocycles. The number of halogens is 6. The first kappa shape index (κ1) is 25.0. The lowest BCUT2D eigenvalue weighted by Crippen LogP contribution is -2.70. The summed E-state index contributed by atoms with van der Waals surface area (Å²) in [6, 6.07) is -0.0945. The van der Waals surface area contributed by atoms with Crippen molar-refractivity contribution in [3.05, 3.63) is 41.6 Å². The van der Waals surface area contributed by atoms with Gasteiger partial charge in [-0.2, -0.15) is 27.1 Å². The molecule has 2 bridgehead atoms. The SMILES string of the molecule is C[C@@H]1C[C@H]2C[C@@](c3nnc(C(C)(F)F)o3)(C1)N2C(=O)Nc1cc(-c2ncn(C)n2)c(C(F)(F)F)cc1F. The number of aryl methyl sites for hydroxylation is 1. The zero-order valence-corrected chi connectivity index (χ0v) is 19.8. The number of nitrogens with zero attached hydrogens (tertiary/aromatic N) is 6. The van der Waals surface area contributed by atoms with Crippen LogP contribution in [-0.4, -0.2) is 41.9 Å². The van der Waals surface area contributed by atoms with Crippen molar-refractivity contribution < 1.29 is 35.6 Å². The van der Waals surface area contributed by atoms with Crippen LogP contribution in [0.25, 0.3) is 11.4 Å². The van der Waals surface area contributed by atoms with E-state index >= 15 is 0 Å². The molecule has 4 heterocycles. The topological polar surface area (TPSA) is 102 Å². The number of urea groups is 1. The fourth-order valence-corrected chi connectivity index (χ4v) is 5.26. The van der Waals surface area contributed by atoms with Crippen LogP contribution in [0.4, 0.5) is 36.8 Å². The van der Waals surface area contributed by atoms with Gasteiger partial charge in [-0.15, -0.1) is 10.2 Å². The third-order valence-corrected chi connectivity index (χ3v) is 6.67. The predicted molar refractivity (Wildman–Crippen MR) is 115 cm³/mol. The Morgan fingerprint density at radius 1 is 1.19 bits per heavy atom. The van der Waals surface area contributed by atoms with Crippen LogP contribution in [0.2, 0.25) is 0 Å². The van der Waals surface area contributed by atoms with Gasteiger partial charge >= 0.3 is 18.1 Å². The van der Waals surface area contributed by atoms with E-state index in [1.54, 1.807) is 0 Å². The minimum atomic E-state index is -4.91. The maximum Gasteiger partial charge on any atom is 0.417 e. The summed E-state index contributed by atoms with van der Waals surface area (Å²) in [5.74, 6) is -6.01. The van der Waals surface area contributed by atoms with Crippen LogP contribution in [0, 0.1) is 11.7 Å². The van der Waals surface area contributed by atoms with Crippen LogP contribution in [0.15, 0.2) is 22.9 Å². The first-order valence-corrected chi connectivity index (χ1v) is 11.3. The minimum absolute atomic E-state index is 0.0879. The van der Waals surface area contributed by atoms with Gasteiger partial charge in [0.05, 0.1) is 11.3 Å². The minimum Gasteiger partial charge on any atom is -0.417 e. The summed E-state index contributed by atoms with van der Waals surface area (Å²) < 4.78 is 89.6. The quantitative estimate of drug-likeness (QED) is 0.474. The first-order chi connectivity index (χ1) is 17.2. The van der Waals surface area contributed by atoms with Gasteiger partial charge in [0.2, 0.25) is 5.89 Å². The lowest BCUT2D eigenvalue weighted by molar-refractivity contribution is -0.137. The van der Waals surface area contributed by atoms with E-state index in [4.69, 9.17) is 4.42 Å². The number of piperidine rings is 1. The normalized spacial score (nSPS) is 23.6. The van der Waals surface area contributed by atoms with Gasteiger partial charge in [-0.05, 0) is 30.9 Å². The van der Waals surface area contributed by atoms with Crippen molar-refractivity contribution in [2.75, 3.05) is 5.32 Å². The summed E-state index contributed by atoms with van der Waals surface area (Å²) in [5, 5.41) is 13.4. The second-order valence-electron chi connectivity index (χ2n) is 9.65. The van der Waals surface area contributed by atoms with Gasteiger partial charge in [-0.25, -0.2) is 14.2 Å². The number of anilines is 1. The maximum absolute atomic E-state index is 14.8. The Morgan fingerprint density at radius 2 is 1.92 bits per heavy atom. The van der Waals surface area contributed by atoms with E-state index in [9.17, 15) is 31.1 Å². The monoisotopic (exact) mass is 529 g/mol. The largest absolute Gasteiger partial charge is 0.417 e. The molecule has 1 aromatic carbocycles. The van der Waals surface area contributed by atoms with E-state index in [1.807, 2.05) is 6.92 Å². The first-order valence-electron chi connectivity index (χ1n) is 11.3. The number of hydrogen-bond donors (Lipinski definition) is 1. The molecule has 3 fully saturated rings. The van der Waals surface area contributed by atoms with Gasteiger partial charge in [0.25, 0.3) is 5.89 Å². The molecule has 0 radical (unpaired) electrons. The van der Waals surface area contributed by atoms with Crippen molar-refractivity contribution in [2.45, 2.75) is 56.8 Å². The lowest BCUT2D eigenvalue weighted by Gasteiger charge is -2.61. The number of rotatable bonds is 4. The van der Waals surface area contributed by atoms with Crippen molar-refractivity contribution in [3.63, 3.8) is 0 Å². The molecule has 198 valence electrons. The van der Waals surface area contributed by atoms with Crippen LogP contribution in [0.1, 0.15) is 50.5 Å². The van der Waals surface area contributed by atoms with Crippen molar-refractivity contribution in [3.8, 4) is 11.4 Å². The molecule has 0 unspecified atom stereocenters. The molecule has 37 heavy (non-hydrogen) atoms. The second kappa shape index (κ2) is 8.18. The van der Waals surface area contributed by atoms with Crippen molar-refractivity contribution in [1.29, 1.82) is 0 Å². The highest BCUT2D eigenvalue weighted by Crippen LogP contribution is 2.56. The molecule has 3 aliphatic rings. The fraction of sp³-hybridized carbons (Fsp3) is 0.500. The Balaban J connectivity index is 1.50. The van der Waals surface area contributed by atoms with Gasteiger partial charge in [0.1, 0.15) is 17.7 Å². The number of alkyl halides is 5. The van der Waals surface area contributed by atoms with E-state index in [-0.39, 0.29) is 29.7 Å². The Hall–Kier alpha value is -3.65. The van der Waals surface area contributed by atoms with Gasteiger partial charge < -0.3 is 14.6 Å². The zero-order valence-electron chi connectivity index (χ0n) is 19.8. The fourth-order valence-electron chi connectivity index (χ4n) is 5.26. The molecule has 3 aromatic rings. The number of fused-ring (bicyclic) bond motifs is 2. The number of amides is 2. The molecule has 1 N–H and O–H groups in total. The zero-order chi connectivity index (χ0) is 26.9. The molecule has 0 spiro atoms. The lowest BCUT2D eigenvalue weighted by atomic mass is 9.64. The van der Waals surface area contributed by atoms with Crippen LogP contribution >= 0.6 is 0 Å². The predicted octanol–water partition coefficient (Wildman–Crippen LogP) is 5.07. The molecule has 6 rings (SSSR count). The molecule has 2 aliphatic heterocycles. The summed E-state index contributed by atoms with van der Waals surface area (Å²) in [6.07, 6.45) is -2.46. The average molecular weight is 529 g/mol. The summed E-state index contributed by atoms with van der Waals surface area (Å²) >= 11 is 0. The summed E-state index contributed by atoms with van der Waals surface area (Å²) in [7, 11) is 1.45. The third kappa shape index (κ3) is 4.19. The maximum atomic E-state index is 14.8. The summed E-state index contributed by atoms with van der Waals surface area (Å²) in [4.78, 5) is 18.5. The van der Waals surface area contributed by atoms with E-state index < -0.39 is 52.2 Å². The Labute approximate surface area is 205 Å². The Bertz CT molecular complexity index is 1360. The number of carbonyl (C=O) groups is 1. The van der Waals surface area contributed by atoms with E-state index in [0.29, 0.717) is 26.2 Å². The molecule has 15 heteroatoms. The third-order valence-electron chi connectivity index (χ3n) is 6.67. The van der Waals surface area contributed by atoms with Crippen molar-refractivity contribution in [2.24, 2.45) is 13.0 Å². The molecule has 1 saturated carbocycles.